The molecule has 1 heterocycles. The molecule has 1 atom stereocenters. The molecule has 0 spiro atoms. The summed E-state index contributed by atoms with van der Waals surface area (Å²) in [6, 6.07) is 5.61. The molecule has 5 heteroatoms. The first-order valence-corrected chi connectivity index (χ1v) is 8.62. The van der Waals surface area contributed by atoms with E-state index in [1.807, 2.05) is 4.90 Å². The highest BCUT2D eigenvalue weighted by Crippen LogP contribution is 2.22. The molecule has 0 aromatic heterocycles. The molecule has 1 aromatic rings. The van der Waals surface area contributed by atoms with Crippen LogP contribution in [0.15, 0.2) is 36.4 Å². The molecule has 0 saturated carbocycles. The molecule has 1 fully saturated rings. The Morgan fingerprint density at radius 2 is 1.83 bits per heavy atom. The summed E-state index contributed by atoms with van der Waals surface area (Å²) in [4.78, 5) is 26.4. The fourth-order valence-electron chi connectivity index (χ4n) is 3.36. The lowest BCUT2D eigenvalue weighted by molar-refractivity contribution is -0.132. The minimum absolute atomic E-state index is 0.0676. The summed E-state index contributed by atoms with van der Waals surface area (Å²) < 4.78 is 12.9. The second kappa shape index (κ2) is 7.60. The van der Waals surface area contributed by atoms with Gasteiger partial charge < -0.3 is 10.2 Å². The Bertz CT molecular complexity index is 619. The van der Waals surface area contributed by atoms with E-state index in [0.717, 1.165) is 25.7 Å². The summed E-state index contributed by atoms with van der Waals surface area (Å²) in [5.74, 6) is 0.0783. The third-order valence-corrected chi connectivity index (χ3v) is 4.84. The third-order valence-electron chi connectivity index (χ3n) is 4.84. The number of nitrogens with zero attached hydrogens (tertiary/aromatic N) is 1. The Hall–Kier alpha value is -2.17. The van der Waals surface area contributed by atoms with Gasteiger partial charge in [-0.05, 0) is 55.9 Å². The molecule has 4 nitrogen and oxygen atoms in total. The predicted octanol–water partition coefficient (Wildman–Crippen LogP) is 2.90. The topological polar surface area (TPSA) is 49.4 Å². The molecular formula is C19H23FN2O2. The number of nitrogens with one attached hydrogen (secondary N) is 1. The molecule has 1 aliphatic heterocycles. The second-order valence-electron chi connectivity index (χ2n) is 6.61. The third kappa shape index (κ3) is 4.22. The highest BCUT2D eigenvalue weighted by molar-refractivity contribution is 5.94. The SMILES string of the molecule is O=C(NC1CCN(C(=O)CC2C=CCC2)CC1)c1ccc(F)cc1. The number of piperidine rings is 1. The van der Waals surface area contributed by atoms with Crippen molar-refractivity contribution in [2.45, 2.75) is 38.1 Å². The van der Waals surface area contributed by atoms with Gasteiger partial charge in [0, 0.05) is 31.1 Å². The number of amides is 2. The number of rotatable bonds is 4. The van der Waals surface area contributed by atoms with E-state index >= 15 is 0 Å². The van der Waals surface area contributed by atoms with Gasteiger partial charge in [0.2, 0.25) is 5.91 Å². The Kier molecular flexibility index (Phi) is 5.28. The van der Waals surface area contributed by atoms with Gasteiger partial charge in [-0.1, -0.05) is 12.2 Å². The van der Waals surface area contributed by atoms with Crippen molar-refractivity contribution in [3.05, 3.63) is 47.8 Å². The normalized spacial score (nSPS) is 21.0. The van der Waals surface area contributed by atoms with Crippen LogP contribution in [0, 0.1) is 11.7 Å². The van der Waals surface area contributed by atoms with E-state index in [2.05, 4.69) is 17.5 Å². The molecule has 0 radical (unpaired) electrons. The lowest BCUT2D eigenvalue weighted by Crippen LogP contribution is -2.46. The Morgan fingerprint density at radius 3 is 2.46 bits per heavy atom. The number of hydrogen-bond donors (Lipinski definition) is 1. The first-order chi connectivity index (χ1) is 11.6. The molecule has 24 heavy (non-hydrogen) atoms. The van der Waals surface area contributed by atoms with Crippen molar-refractivity contribution in [1.29, 1.82) is 0 Å². The molecule has 128 valence electrons. The van der Waals surface area contributed by atoms with Crippen molar-refractivity contribution < 1.29 is 14.0 Å². The fraction of sp³-hybridized carbons (Fsp3) is 0.474. The van der Waals surface area contributed by atoms with Gasteiger partial charge in [-0.25, -0.2) is 4.39 Å². The van der Waals surface area contributed by atoms with Gasteiger partial charge in [0.25, 0.3) is 5.91 Å². The van der Waals surface area contributed by atoms with Crippen molar-refractivity contribution in [3.63, 3.8) is 0 Å². The molecule has 1 unspecified atom stereocenters. The van der Waals surface area contributed by atoms with E-state index in [4.69, 9.17) is 0 Å². The maximum atomic E-state index is 12.9. The highest BCUT2D eigenvalue weighted by atomic mass is 19.1. The largest absolute Gasteiger partial charge is 0.349 e. The minimum Gasteiger partial charge on any atom is -0.349 e. The van der Waals surface area contributed by atoms with Gasteiger partial charge in [0.1, 0.15) is 5.82 Å². The Labute approximate surface area is 141 Å². The van der Waals surface area contributed by atoms with Gasteiger partial charge in [-0.2, -0.15) is 0 Å². The van der Waals surface area contributed by atoms with E-state index in [1.54, 1.807) is 0 Å². The minimum atomic E-state index is -0.351. The zero-order valence-electron chi connectivity index (χ0n) is 13.7. The first-order valence-electron chi connectivity index (χ1n) is 8.62. The van der Waals surface area contributed by atoms with Crippen LogP contribution < -0.4 is 5.32 Å². The predicted molar refractivity (Wildman–Crippen MR) is 89.9 cm³/mol. The molecular weight excluding hydrogens is 307 g/mol. The van der Waals surface area contributed by atoms with Gasteiger partial charge in [0.15, 0.2) is 0 Å². The zero-order valence-corrected chi connectivity index (χ0v) is 13.7. The van der Waals surface area contributed by atoms with E-state index in [-0.39, 0.29) is 23.7 Å². The molecule has 2 amide bonds. The summed E-state index contributed by atoms with van der Waals surface area (Å²) in [5, 5.41) is 2.98. The molecule has 2 aliphatic rings. The van der Waals surface area contributed by atoms with E-state index in [9.17, 15) is 14.0 Å². The monoisotopic (exact) mass is 330 g/mol. The van der Waals surface area contributed by atoms with Crippen LogP contribution in [-0.4, -0.2) is 35.8 Å². The highest BCUT2D eigenvalue weighted by Gasteiger charge is 2.25. The van der Waals surface area contributed by atoms with E-state index in [1.165, 1.54) is 24.3 Å². The van der Waals surface area contributed by atoms with Crippen LogP contribution >= 0.6 is 0 Å². The number of carbonyl (C=O) groups excluding carboxylic acids is 2. The van der Waals surface area contributed by atoms with Crippen molar-refractivity contribution >= 4 is 11.8 Å². The smallest absolute Gasteiger partial charge is 0.251 e. The molecule has 1 N–H and O–H groups in total. The van der Waals surface area contributed by atoms with Gasteiger partial charge >= 0.3 is 0 Å². The number of hydrogen-bond acceptors (Lipinski definition) is 2. The number of carbonyl (C=O) groups is 2. The van der Waals surface area contributed by atoms with Crippen molar-refractivity contribution in [2.75, 3.05) is 13.1 Å². The number of halogens is 1. The van der Waals surface area contributed by atoms with Crippen molar-refractivity contribution in [2.24, 2.45) is 5.92 Å². The number of allylic oxidation sites excluding steroid dienone is 2. The van der Waals surface area contributed by atoms with Crippen LogP contribution in [-0.2, 0) is 4.79 Å². The molecule has 0 bridgehead atoms. The quantitative estimate of drug-likeness (QED) is 0.863. The van der Waals surface area contributed by atoms with Crippen LogP contribution in [0.1, 0.15) is 42.5 Å². The Balaban J connectivity index is 1.44. The maximum Gasteiger partial charge on any atom is 0.251 e. The summed E-state index contributed by atoms with van der Waals surface area (Å²) in [5.41, 5.74) is 0.461. The molecule has 3 rings (SSSR count). The number of likely N-dealkylation sites (tertiary alicyclic amines) is 1. The first kappa shape index (κ1) is 16.7. The van der Waals surface area contributed by atoms with Crippen molar-refractivity contribution in [3.8, 4) is 0 Å². The lowest BCUT2D eigenvalue weighted by atomic mass is 10.0. The molecule has 1 aromatic carbocycles. The average molecular weight is 330 g/mol. The lowest BCUT2D eigenvalue weighted by Gasteiger charge is -2.33. The summed E-state index contributed by atoms with van der Waals surface area (Å²) >= 11 is 0. The van der Waals surface area contributed by atoms with Gasteiger partial charge in [-0.15, -0.1) is 0 Å². The molecule has 1 aliphatic carbocycles. The van der Waals surface area contributed by atoms with E-state index < -0.39 is 0 Å². The van der Waals surface area contributed by atoms with Crippen molar-refractivity contribution in [1.82, 2.24) is 10.2 Å². The standard InChI is InChI=1S/C19H23FN2O2/c20-16-7-5-15(6-8-16)19(24)21-17-9-11-22(12-10-17)18(23)13-14-3-1-2-4-14/h1,3,5-8,14,17H,2,4,9-13H2,(H,21,24). The zero-order chi connectivity index (χ0) is 16.9. The Morgan fingerprint density at radius 1 is 1.12 bits per heavy atom. The summed E-state index contributed by atoms with van der Waals surface area (Å²) in [6.07, 6.45) is 8.58. The average Bonchev–Trinajstić information content (AvgIpc) is 3.09. The van der Waals surface area contributed by atoms with Crippen LogP contribution in [0.4, 0.5) is 4.39 Å². The van der Waals surface area contributed by atoms with Crippen LogP contribution in [0.2, 0.25) is 0 Å². The van der Waals surface area contributed by atoms with E-state index in [0.29, 0.717) is 31.0 Å². The second-order valence-corrected chi connectivity index (χ2v) is 6.61. The van der Waals surface area contributed by atoms with Crippen LogP contribution in [0.3, 0.4) is 0 Å². The summed E-state index contributed by atoms with van der Waals surface area (Å²) in [6.45, 7) is 1.37. The van der Waals surface area contributed by atoms with Crippen LogP contribution in [0.5, 0.6) is 0 Å². The molecule has 1 saturated heterocycles. The number of benzene rings is 1. The summed E-state index contributed by atoms with van der Waals surface area (Å²) in [7, 11) is 0. The van der Waals surface area contributed by atoms with Gasteiger partial charge in [0.05, 0.1) is 0 Å². The van der Waals surface area contributed by atoms with Crippen LogP contribution in [0.25, 0.3) is 0 Å². The maximum absolute atomic E-state index is 12.9. The van der Waals surface area contributed by atoms with Gasteiger partial charge in [-0.3, -0.25) is 9.59 Å². The fourth-order valence-corrected chi connectivity index (χ4v) is 3.36.